The van der Waals surface area contributed by atoms with Crippen molar-refractivity contribution in [2.24, 2.45) is 0 Å². The highest BCUT2D eigenvalue weighted by Crippen LogP contribution is 2.27. The summed E-state index contributed by atoms with van der Waals surface area (Å²) in [6, 6.07) is 8.13. The highest BCUT2D eigenvalue weighted by atomic mass is 19.1. The van der Waals surface area contributed by atoms with E-state index in [1.54, 1.807) is 24.3 Å². The maximum atomic E-state index is 13.7. The molecule has 2 aromatic rings. The largest absolute Gasteiger partial charge is 0.494 e. The molecule has 0 fully saturated rings. The van der Waals surface area contributed by atoms with Crippen LogP contribution in [0.1, 0.15) is 10.4 Å². The normalized spacial score (nSPS) is 10.3. The second-order valence-electron chi connectivity index (χ2n) is 3.14. The van der Waals surface area contributed by atoms with Gasteiger partial charge in [0.05, 0.1) is 7.11 Å². The predicted molar refractivity (Wildman–Crippen MR) is 55.8 cm³/mol. The molecule has 0 unspecified atom stereocenters. The number of aldehydes is 1. The Balaban J connectivity index is 2.84. The molecule has 15 heavy (non-hydrogen) atoms. The van der Waals surface area contributed by atoms with Gasteiger partial charge >= 0.3 is 0 Å². The quantitative estimate of drug-likeness (QED) is 0.703. The summed E-state index contributed by atoms with van der Waals surface area (Å²) in [5.74, 6) is -0.246. The van der Waals surface area contributed by atoms with Crippen molar-refractivity contribution < 1.29 is 13.9 Å². The summed E-state index contributed by atoms with van der Waals surface area (Å²) in [6.07, 6.45) is 0.717. The molecule has 0 aliphatic heterocycles. The Bertz CT molecular complexity index is 520. The lowest BCUT2D eigenvalue weighted by Crippen LogP contribution is -1.91. The van der Waals surface area contributed by atoms with E-state index < -0.39 is 5.82 Å². The van der Waals surface area contributed by atoms with E-state index in [-0.39, 0.29) is 5.75 Å². The van der Waals surface area contributed by atoms with Crippen LogP contribution in [0.3, 0.4) is 0 Å². The second-order valence-corrected chi connectivity index (χ2v) is 3.14. The summed E-state index contributed by atoms with van der Waals surface area (Å²) < 4.78 is 18.6. The molecule has 2 aromatic carbocycles. The number of rotatable bonds is 2. The van der Waals surface area contributed by atoms with Crippen LogP contribution >= 0.6 is 0 Å². The van der Waals surface area contributed by atoms with Crippen LogP contribution in [-0.2, 0) is 0 Å². The third-order valence-electron chi connectivity index (χ3n) is 2.34. The molecule has 3 heteroatoms. The van der Waals surface area contributed by atoms with Gasteiger partial charge in [0, 0.05) is 10.9 Å². The van der Waals surface area contributed by atoms with E-state index in [0.717, 1.165) is 0 Å². The van der Waals surface area contributed by atoms with Gasteiger partial charge in [-0.2, -0.15) is 0 Å². The molecule has 0 spiro atoms. The minimum absolute atomic E-state index is 0.186. The van der Waals surface area contributed by atoms with E-state index in [1.165, 1.54) is 13.2 Å². The van der Waals surface area contributed by atoms with Gasteiger partial charge in [-0.05, 0) is 17.5 Å². The molecule has 0 saturated heterocycles. The summed E-state index contributed by atoms with van der Waals surface area (Å²) in [7, 11) is 1.41. The van der Waals surface area contributed by atoms with Crippen LogP contribution < -0.4 is 4.74 Å². The van der Waals surface area contributed by atoms with Crippen LogP contribution in [0.4, 0.5) is 4.39 Å². The van der Waals surface area contributed by atoms with Crippen molar-refractivity contribution in [3.05, 3.63) is 41.7 Å². The molecule has 0 radical (unpaired) electrons. The van der Waals surface area contributed by atoms with Crippen LogP contribution in [0.15, 0.2) is 30.3 Å². The zero-order valence-corrected chi connectivity index (χ0v) is 8.16. The zero-order valence-electron chi connectivity index (χ0n) is 8.16. The van der Waals surface area contributed by atoms with E-state index in [9.17, 15) is 9.18 Å². The van der Waals surface area contributed by atoms with Gasteiger partial charge in [0.25, 0.3) is 0 Å². The molecule has 0 heterocycles. The van der Waals surface area contributed by atoms with E-state index >= 15 is 0 Å². The first-order chi connectivity index (χ1) is 7.27. The molecule has 0 atom stereocenters. The Morgan fingerprint density at radius 1 is 1.20 bits per heavy atom. The molecule has 2 nitrogen and oxygen atoms in total. The number of halogens is 1. The Hall–Kier alpha value is -1.90. The Labute approximate surface area is 86.3 Å². The molecule has 0 aliphatic rings. The van der Waals surface area contributed by atoms with Gasteiger partial charge in [0.15, 0.2) is 17.9 Å². The summed E-state index contributed by atoms with van der Waals surface area (Å²) in [5.41, 5.74) is 0.481. The van der Waals surface area contributed by atoms with Crippen molar-refractivity contribution >= 4 is 17.1 Å². The third-order valence-corrected chi connectivity index (χ3v) is 2.34. The van der Waals surface area contributed by atoms with Gasteiger partial charge in [-0.25, -0.2) is 4.39 Å². The Morgan fingerprint density at radius 3 is 2.67 bits per heavy atom. The lowest BCUT2D eigenvalue weighted by molar-refractivity contribution is 0.112. The van der Waals surface area contributed by atoms with Gasteiger partial charge in [0.1, 0.15) is 0 Å². The van der Waals surface area contributed by atoms with Crippen LogP contribution in [-0.4, -0.2) is 13.4 Å². The SMILES string of the molecule is COc1ccc2c(C=O)cccc2c1F. The minimum atomic E-state index is -0.432. The van der Waals surface area contributed by atoms with Crippen molar-refractivity contribution in [3.63, 3.8) is 0 Å². The van der Waals surface area contributed by atoms with Crippen molar-refractivity contribution in [2.75, 3.05) is 7.11 Å². The number of benzene rings is 2. The average molecular weight is 204 g/mol. The van der Waals surface area contributed by atoms with Crippen molar-refractivity contribution in [3.8, 4) is 5.75 Å². The number of hydrogen-bond acceptors (Lipinski definition) is 2. The van der Waals surface area contributed by atoms with Crippen molar-refractivity contribution in [1.82, 2.24) is 0 Å². The number of methoxy groups -OCH3 is 1. The van der Waals surface area contributed by atoms with E-state index in [1.807, 2.05) is 0 Å². The van der Waals surface area contributed by atoms with Crippen molar-refractivity contribution in [2.45, 2.75) is 0 Å². The number of ether oxygens (including phenoxy) is 1. The molecule has 76 valence electrons. The molecule has 0 saturated carbocycles. The van der Waals surface area contributed by atoms with Gasteiger partial charge in [-0.1, -0.05) is 18.2 Å². The zero-order chi connectivity index (χ0) is 10.8. The Morgan fingerprint density at radius 2 is 2.00 bits per heavy atom. The second kappa shape index (κ2) is 3.69. The fraction of sp³-hybridized carbons (Fsp3) is 0.0833. The van der Waals surface area contributed by atoms with E-state index in [0.29, 0.717) is 22.6 Å². The first-order valence-corrected chi connectivity index (χ1v) is 4.48. The molecular weight excluding hydrogens is 195 g/mol. The smallest absolute Gasteiger partial charge is 0.172 e. The third kappa shape index (κ3) is 1.46. The number of hydrogen-bond donors (Lipinski definition) is 0. The van der Waals surface area contributed by atoms with Crippen LogP contribution in [0.2, 0.25) is 0 Å². The summed E-state index contributed by atoms with van der Waals surface area (Å²) in [6.45, 7) is 0. The topological polar surface area (TPSA) is 26.3 Å². The first-order valence-electron chi connectivity index (χ1n) is 4.48. The van der Waals surface area contributed by atoms with Crippen molar-refractivity contribution in [1.29, 1.82) is 0 Å². The molecule has 0 bridgehead atoms. The maximum Gasteiger partial charge on any atom is 0.172 e. The highest BCUT2D eigenvalue weighted by Gasteiger charge is 2.09. The Kier molecular flexibility index (Phi) is 2.37. The molecule has 0 N–H and O–H groups in total. The van der Waals surface area contributed by atoms with E-state index in [4.69, 9.17) is 4.74 Å². The van der Waals surface area contributed by atoms with Crippen LogP contribution in [0.5, 0.6) is 5.75 Å². The minimum Gasteiger partial charge on any atom is -0.494 e. The maximum absolute atomic E-state index is 13.7. The standard InChI is InChI=1S/C12H9FO2/c1-15-11-6-5-9-8(7-14)3-2-4-10(9)12(11)13/h2-7H,1H3. The highest BCUT2D eigenvalue weighted by molar-refractivity contribution is 5.98. The molecule has 2 rings (SSSR count). The molecule has 0 amide bonds. The molecule has 0 aliphatic carbocycles. The van der Waals surface area contributed by atoms with E-state index in [2.05, 4.69) is 0 Å². The number of fused-ring (bicyclic) bond motifs is 1. The summed E-state index contributed by atoms with van der Waals surface area (Å²) in [4.78, 5) is 10.7. The van der Waals surface area contributed by atoms with Gasteiger partial charge in [-0.15, -0.1) is 0 Å². The summed E-state index contributed by atoms with van der Waals surface area (Å²) >= 11 is 0. The monoisotopic (exact) mass is 204 g/mol. The first kappa shape index (κ1) is 9.65. The lowest BCUT2D eigenvalue weighted by atomic mass is 10.0. The van der Waals surface area contributed by atoms with Crippen LogP contribution in [0.25, 0.3) is 10.8 Å². The average Bonchev–Trinajstić information content (AvgIpc) is 2.29. The number of carbonyl (C=O) groups excluding carboxylic acids is 1. The predicted octanol–water partition coefficient (Wildman–Crippen LogP) is 2.80. The van der Waals surface area contributed by atoms with Gasteiger partial charge in [0.2, 0.25) is 0 Å². The lowest BCUT2D eigenvalue weighted by Gasteiger charge is -2.06. The van der Waals surface area contributed by atoms with Crippen LogP contribution in [0, 0.1) is 5.82 Å². The molecule has 0 aromatic heterocycles. The number of carbonyl (C=O) groups is 1. The fourth-order valence-electron chi connectivity index (χ4n) is 1.59. The fourth-order valence-corrected chi connectivity index (χ4v) is 1.59. The van der Waals surface area contributed by atoms with Gasteiger partial charge < -0.3 is 4.74 Å². The molecular formula is C12H9FO2. The van der Waals surface area contributed by atoms with Gasteiger partial charge in [-0.3, -0.25) is 4.79 Å². The summed E-state index contributed by atoms with van der Waals surface area (Å²) in [5, 5.41) is 1.00.